The maximum atomic E-state index is 12.7. The normalized spacial score (nSPS) is 29.5. The van der Waals surface area contributed by atoms with E-state index < -0.39 is 5.60 Å². The molecule has 1 heterocycles. The standard InChI is InChI=1S/C19H34N4O2S/c1-20-18(21-14-19(25)8-2-3-9-19)22-16-6-4-15(5-7-16)17(24)23-10-12-26-13-11-23/h15-16,25H,2-14H2,1H3,(H2,20,21,22). The number of nitrogens with one attached hydrogen (secondary N) is 2. The fourth-order valence-corrected chi connectivity index (χ4v) is 5.28. The lowest BCUT2D eigenvalue weighted by atomic mass is 9.85. The van der Waals surface area contributed by atoms with Gasteiger partial charge >= 0.3 is 0 Å². The fraction of sp³-hybridized carbons (Fsp3) is 0.895. The SMILES string of the molecule is CN=C(NCC1(O)CCCC1)NC1CCC(C(=O)N2CCSCC2)CC1. The van der Waals surface area contributed by atoms with Gasteiger partial charge in [-0.3, -0.25) is 9.79 Å². The van der Waals surface area contributed by atoms with Crippen molar-refractivity contribution in [2.24, 2.45) is 10.9 Å². The van der Waals surface area contributed by atoms with Crippen molar-refractivity contribution in [1.82, 2.24) is 15.5 Å². The van der Waals surface area contributed by atoms with E-state index in [9.17, 15) is 9.90 Å². The first-order valence-electron chi connectivity index (χ1n) is 10.2. The van der Waals surface area contributed by atoms with E-state index in [0.717, 1.165) is 81.9 Å². The highest BCUT2D eigenvalue weighted by Crippen LogP contribution is 2.29. The van der Waals surface area contributed by atoms with Crippen LogP contribution in [0.1, 0.15) is 51.4 Å². The molecule has 0 aromatic rings. The van der Waals surface area contributed by atoms with E-state index in [0.29, 0.717) is 18.5 Å². The smallest absolute Gasteiger partial charge is 0.225 e. The Kier molecular flexibility index (Phi) is 7.09. The number of hydrogen-bond acceptors (Lipinski definition) is 4. The highest BCUT2D eigenvalue weighted by Gasteiger charge is 2.32. The molecule has 2 aliphatic carbocycles. The molecule has 0 aromatic heterocycles. The van der Waals surface area contributed by atoms with Gasteiger partial charge in [0.05, 0.1) is 5.60 Å². The van der Waals surface area contributed by atoms with E-state index in [-0.39, 0.29) is 5.92 Å². The van der Waals surface area contributed by atoms with Crippen LogP contribution >= 0.6 is 11.8 Å². The molecule has 2 saturated carbocycles. The Morgan fingerprint density at radius 2 is 1.85 bits per heavy atom. The second-order valence-corrected chi connectivity index (χ2v) is 9.21. The molecule has 0 radical (unpaired) electrons. The predicted octanol–water partition coefficient (Wildman–Crippen LogP) is 1.59. The lowest BCUT2D eigenvalue weighted by Gasteiger charge is -2.34. The number of guanidine groups is 1. The van der Waals surface area contributed by atoms with Gasteiger partial charge in [0.1, 0.15) is 0 Å². The molecule has 148 valence electrons. The molecular weight excluding hydrogens is 348 g/mol. The topological polar surface area (TPSA) is 77.0 Å². The third-order valence-corrected chi connectivity index (χ3v) is 7.03. The summed E-state index contributed by atoms with van der Waals surface area (Å²) in [4.78, 5) is 19.0. The molecule has 3 fully saturated rings. The highest BCUT2D eigenvalue weighted by molar-refractivity contribution is 7.99. The second-order valence-electron chi connectivity index (χ2n) is 7.99. The fourth-order valence-electron chi connectivity index (χ4n) is 4.37. The maximum Gasteiger partial charge on any atom is 0.225 e. The van der Waals surface area contributed by atoms with Gasteiger partial charge in [0.25, 0.3) is 0 Å². The lowest BCUT2D eigenvalue weighted by molar-refractivity contribution is -0.136. The molecule has 1 aliphatic heterocycles. The van der Waals surface area contributed by atoms with Gasteiger partial charge in [0.2, 0.25) is 5.91 Å². The molecule has 1 amide bonds. The van der Waals surface area contributed by atoms with Crippen LogP contribution in [0, 0.1) is 5.92 Å². The molecule has 3 N–H and O–H groups in total. The molecule has 3 rings (SSSR count). The minimum absolute atomic E-state index is 0.199. The Morgan fingerprint density at radius 1 is 1.19 bits per heavy atom. The summed E-state index contributed by atoms with van der Waals surface area (Å²) in [6.07, 6.45) is 7.89. The average molecular weight is 383 g/mol. The minimum Gasteiger partial charge on any atom is -0.388 e. The molecular formula is C19H34N4O2S. The van der Waals surface area contributed by atoms with Gasteiger partial charge in [-0.15, -0.1) is 0 Å². The molecule has 7 heteroatoms. The summed E-state index contributed by atoms with van der Waals surface area (Å²) < 4.78 is 0. The van der Waals surface area contributed by atoms with Crippen LogP contribution in [0.4, 0.5) is 0 Å². The van der Waals surface area contributed by atoms with Gasteiger partial charge < -0.3 is 20.6 Å². The number of aliphatic hydroxyl groups is 1. The Hall–Kier alpha value is -0.950. The zero-order chi connectivity index (χ0) is 18.4. The highest BCUT2D eigenvalue weighted by atomic mass is 32.2. The van der Waals surface area contributed by atoms with E-state index in [1.54, 1.807) is 7.05 Å². The van der Waals surface area contributed by atoms with E-state index in [2.05, 4.69) is 20.5 Å². The zero-order valence-corrected chi connectivity index (χ0v) is 16.8. The van der Waals surface area contributed by atoms with Gasteiger partial charge in [0, 0.05) is 50.1 Å². The number of nitrogens with zero attached hydrogens (tertiary/aromatic N) is 2. The van der Waals surface area contributed by atoms with Crippen LogP contribution < -0.4 is 10.6 Å². The van der Waals surface area contributed by atoms with Crippen LogP contribution in [-0.2, 0) is 4.79 Å². The molecule has 0 atom stereocenters. The van der Waals surface area contributed by atoms with Gasteiger partial charge in [0.15, 0.2) is 5.96 Å². The van der Waals surface area contributed by atoms with Crippen molar-refractivity contribution in [2.45, 2.75) is 63.0 Å². The van der Waals surface area contributed by atoms with Crippen molar-refractivity contribution in [2.75, 3.05) is 38.2 Å². The largest absolute Gasteiger partial charge is 0.388 e. The monoisotopic (exact) mass is 382 g/mol. The summed E-state index contributed by atoms with van der Waals surface area (Å²) >= 11 is 1.94. The Labute approximate surface area is 161 Å². The molecule has 3 aliphatic rings. The first kappa shape index (κ1) is 19.8. The first-order chi connectivity index (χ1) is 12.6. The number of carbonyl (C=O) groups excluding carboxylic acids is 1. The number of thioether (sulfide) groups is 1. The predicted molar refractivity (Wildman–Crippen MR) is 108 cm³/mol. The van der Waals surface area contributed by atoms with Crippen LogP contribution in [0.25, 0.3) is 0 Å². The number of rotatable bonds is 4. The van der Waals surface area contributed by atoms with Crippen LogP contribution in [0.3, 0.4) is 0 Å². The second kappa shape index (κ2) is 9.31. The molecule has 0 unspecified atom stereocenters. The number of aliphatic imine (C=N–C) groups is 1. The molecule has 0 bridgehead atoms. The Balaban J connectivity index is 1.40. The van der Waals surface area contributed by atoms with E-state index >= 15 is 0 Å². The van der Waals surface area contributed by atoms with E-state index in [4.69, 9.17) is 0 Å². The average Bonchev–Trinajstić information content (AvgIpc) is 3.12. The van der Waals surface area contributed by atoms with Crippen molar-refractivity contribution in [3.05, 3.63) is 0 Å². The third-order valence-electron chi connectivity index (χ3n) is 6.08. The number of hydrogen-bond donors (Lipinski definition) is 3. The zero-order valence-electron chi connectivity index (χ0n) is 16.0. The van der Waals surface area contributed by atoms with E-state index in [1.165, 1.54) is 0 Å². The summed E-state index contributed by atoms with van der Waals surface area (Å²) in [7, 11) is 1.78. The van der Waals surface area contributed by atoms with Crippen molar-refractivity contribution in [1.29, 1.82) is 0 Å². The summed E-state index contributed by atoms with van der Waals surface area (Å²) in [5.74, 6) is 3.50. The summed E-state index contributed by atoms with van der Waals surface area (Å²) in [5.41, 5.74) is -0.575. The molecule has 6 nitrogen and oxygen atoms in total. The van der Waals surface area contributed by atoms with Crippen molar-refractivity contribution in [3.63, 3.8) is 0 Å². The third kappa shape index (κ3) is 5.28. The first-order valence-corrected chi connectivity index (χ1v) is 11.3. The molecule has 0 aromatic carbocycles. The summed E-state index contributed by atoms with van der Waals surface area (Å²) in [6.45, 7) is 2.40. The van der Waals surface area contributed by atoms with Gasteiger partial charge in [-0.1, -0.05) is 12.8 Å². The van der Waals surface area contributed by atoms with Gasteiger partial charge in [-0.2, -0.15) is 11.8 Å². The number of amides is 1. The minimum atomic E-state index is -0.575. The van der Waals surface area contributed by atoms with Crippen molar-refractivity contribution >= 4 is 23.6 Å². The quantitative estimate of drug-likeness (QED) is 0.508. The lowest BCUT2D eigenvalue weighted by Crippen LogP contribution is -2.50. The molecule has 1 saturated heterocycles. The van der Waals surface area contributed by atoms with E-state index in [1.807, 2.05) is 11.8 Å². The van der Waals surface area contributed by atoms with Crippen molar-refractivity contribution < 1.29 is 9.90 Å². The van der Waals surface area contributed by atoms with Gasteiger partial charge in [-0.05, 0) is 38.5 Å². The maximum absolute atomic E-state index is 12.7. The number of carbonyl (C=O) groups is 1. The molecule has 0 spiro atoms. The van der Waals surface area contributed by atoms with Crippen LogP contribution in [0.15, 0.2) is 4.99 Å². The summed E-state index contributed by atoms with van der Waals surface area (Å²) in [5, 5.41) is 17.3. The van der Waals surface area contributed by atoms with Crippen LogP contribution in [-0.4, -0.2) is 71.7 Å². The molecule has 26 heavy (non-hydrogen) atoms. The van der Waals surface area contributed by atoms with Crippen LogP contribution in [0.2, 0.25) is 0 Å². The van der Waals surface area contributed by atoms with Gasteiger partial charge in [-0.25, -0.2) is 0 Å². The Morgan fingerprint density at radius 3 is 2.46 bits per heavy atom. The van der Waals surface area contributed by atoms with Crippen LogP contribution in [0.5, 0.6) is 0 Å². The van der Waals surface area contributed by atoms with Crippen molar-refractivity contribution in [3.8, 4) is 0 Å². The Bertz CT molecular complexity index is 494. The summed E-state index contributed by atoms with van der Waals surface area (Å²) in [6, 6.07) is 0.361.